The van der Waals surface area contributed by atoms with Crippen molar-refractivity contribution >= 4 is 17.2 Å². The molecule has 0 fully saturated rings. The van der Waals surface area contributed by atoms with Crippen molar-refractivity contribution in [1.29, 1.82) is 0 Å². The summed E-state index contributed by atoms with van der Waals surface area (Å²) in [5.74, 6) is 0.543. The van der Waals surface area contributed by atoms with Crippen LogP contribution in [0.1, 0.15) is 32.5 Å². The first-order valence-corrected chi connectivity index (χ1v) is 11.8. The molecule has 0 radical (unpaired) electrons. The molecule has 0 aliphatic carbocycles. The van der Waals surface area contributed by atoms with E-state index in [4.69, 9.17) is 4.74 Å². The van der Waals surface area contributed by atoms with E-state index >= 15 is 0 Å². The maximum atomic E-state index is 13.6. The summed E-state index contributed by atoms with van der Waals surface area (Å²) < 4.78 is 6.99. The van der Waals surface area contributed by atoms with E-state index in [-0.39, 0.29) is 36.4 Å². The maximum absolute atomic E-state index is 13.6. The standard InChI is InChI=1S/C26H23N3O3S/c30-24-12-11-22(27-29(24)16-17-32-20-9-5-2-6-10-20)26(31)28-15-13-23-21(14-18-33-23)25(28)19-7-3-1-4-8-19/h1-12,14,18,25H,13,15-17H2/t25-/m0/s1. The van der Waals surface area contributed by atoms with Crippen LogP contribution in [-0.4, -0.2) is 33.7 Å². The van der Waals surface area contributed by atoms with E-state index in [1.807, 2.05) is 65.6 Å². The van der Waals surface area contributed by atoms with Gasteiger partial charge in [-0.1, -0.05) is 48.5 Å². The van der Waals surface area contributed by atoms with E-state index in [9.17, 15) is 9.59 Å². The Morgan fingerprint density at radius 3 is 2.55 bits per heavy atom. The van der Waals surface area contributed by atoms with Gasteiger partial charge >= 0.3 is 0 Å². The van der Waals surface area contributed by atoms with Crippen LogP contribution in [0.5, 0.6) is 5.75 Å². The predicted octanol–water partition coefficient (Wildman–Crippen LogP) is 4.17. The molecule has 0 saturated heterocycles. The van der Waals surface area contributed by atoms with E-state index in [0.29, 0.717) is 6.54 Å². The molecule has 1 amide bonds. The highest BCUT2D eigenvalue weighted by molar-refractivity contribution is 7.10. The van der Waals surface area contributed by atoms with Crippen molar-refractivity contribution in [3.63, 3.8) is 0 Å². The zero-order valence-corrected chi connectivity index (χ0v) is 18.8. The lowest BCUT2D eigenvalue weighted by molar-refractivity contribution is 0.0686. The van der Waals surface area contributed by atoms with E-state index in [1.54, 1.807) is 11.3 Å². The Morgan fingerprint density at radius 1 is 1.00 bits per heavy atom. The van der Waals surface area contributed by atoms with Gasteiger partial charge in [0.1, 0.15) is 18.1 Å². The van der Waals surface area contributed by atoms with Crippen LogP contribution >= 0.6 is 11.3 Å². The molecule has 166 valence electrons. The monoisotopic (exact) mass is 457 g/mol. The molecule has 0 unspecified atom stereocenters. The minimum absolute atomic E-state index is 0.169. The topological polar surface area (TPSA) is 64.4 Å². The third kappa shape index (κ3) is 4.45. The third-order valence-corrected chi connectivity index (χ3v) is 6.74. The van der Waals surface area contributed by atoms with Crippen molar-refractivity contribution in [3.8, 4) is 5.75 Å². The maximum Gasteiger partial charge on any atom is 0.275 e. The fraction of sp³-hybridized carbons (Fsp3) is 0.192. The van der Waals surface area contributed by atoms with Gasteiger partial charge in [0.25, 0.3) is 11.5 Å². The van der Waals surface area contributed by atoms with Crippen molar-refractivity contribution in [2.75, 3.05) is 13.2 Å². The molecule has 0 saturated carbocycles. The summed E-state index contributed by atoms with van der Waals surface area (Å²) in [6, 6.07) is 24.3. The van der Waals surface area contributed by atoms with Crippen LogP contribution in [0.2, 0.25) is 0 Å². The Hall–Kier alpha value is -3.71. The Balaban J connectivity index is 1.39. The average molecular weight is 458 g/mol. The van der Waals surface area contributed by atoms with Gasteiger partial charge in [0.05, 0.1) is 12.6 Å². The van der Waals surface area contributed by atoms with Gasteiger partial charge in [0.15, 0.2) is 0 Å². The lowest BCUT2D eigenvalue weighted by Crippen LogP contribution is -2.41. The molecule has 7 heteroatoms. The molecule has 0 spiro atoms. The lowest BCUT2D eigenvalue weighted by Gasteiger charge is -2.36. The quantitative estimate of drug-likeness (QED) is 0.436. The highest BCUT2D eigenvalue weighted by Crippen LogP contribution is 2.38. The number of hydrogen-bond acceptors (Lipinski definition) is 5. The molecule has 1 atom stereocenters. The molecule has 6 nitrogen and oxygen atoms in total. The molecule has 0 N–H and O–H groups in total. The number of aromatic nitrogens is 2. The zero-order valence-electron chi connectivity index (χ0n) is 18.0. The van der Waals surface area contributed by atoms with E-state index < -0.39 is 0 Å². The van der Waals surface area contributed by atoms with Crippen LogP contribution in [0.3, 0.4) is 0 Å². The molecule has 1 aliphatic rings. The SMILES string of the molecule is O=C(c1ccc(=O)n(CCOc2ccccc2)n1)N1CCc2sccc2[C@@H]1c1ccccc1. The van der Waals surface area contributed by atoms with E-state index in [0.717, 1.165) is 23.3 Å². The van der Waals surface area contributed by atoms with Gasteiger partial charge in [0, 0.05) is 17.5 Å². The van der Waals surface area contributed by atoms with Crippen LogP contribution in [0, 0.1) is 0 Å². The summed E-state index contributed by atoms with van der Waals surface area (Å²) in [5.41, 5.74) is 2.22. The van der Waals surface area contributed by atoms with Crippen molar-refractivity contribution in [1.82, 2.24) is 14.7 Å². The minimum atomic E-state index is -0.262. The Bertz CT molecular complexity index is 1300. The van der Waals surface area contributed by atoms with E-state index in [2.05, 4.69) is 16.5 Å². The highest BCUT2D eigenvalue weighted by atomic mass is 32.1. The molecule has 5 rings (SSSR count). The number of carbonyl (C=O) groups is 1. The summed E-state index contributed by atoms with van der Waals surface area (Å²) in [7, 11) is 0. The number of nitrogens with zero attached hydrogens (tertiary/aromatic N) is 3. The number of ether oxygens (including phenoxy) is 1. The zero-order chi connectivity index (χ0) is 22.6. The van der Waals surface area contributed by atoms with Gasteiger partial charge < -0.3 is 9.64 Å². The van der Waals surface area contributed by atoms with Crippen LogP contribution in [0.15, 0.2) is 89.0 Å². The van der Waals surface area contributed by atoms with Gasteiger partial charge in [-0.15, -0.1) is 11.3 Å². The van der Waals surface area contributed by atoms with Crippen LogP contribution in [0.4, 0.5) is 0 Å². The normalized spacial score (nSPS) is 15.2. The summed E-state index contributed by atoms with van der Waals surface area (Å²) in [6.45, 7) is 1.14. The first-order valence-electron chi connectivity index (χ1n) is 10.9. The average Bonchev–Trinajstić information content (AvgIpc) is 3.34. The number of thiophene rings is 1. The second kappa shape index (κ2) is 9.42. The number of hydrogen-bond donors (Lipinski definition) is 0. The second-order valence-electron chi connectivity index (χ2n) is 7.80. The molecule has 3 heterocycles. The molecule has 4 aromatic rings. The largest absolute Gasteiger partial charge is 0.492 e. The molecule has 0 bridgehead atoms. The molecule has 2 aromatic heterocycles. The molecule has 2 aromatic carbocycles. The number of para-hydroxylation sites is 1. The lowest BCUT2D eigenvalue weighted by atomic mass is 9.93. The summed E-state index contributed by atoms with van der Waals surface area (Å²) >= 11 is 1.73. The molecular weight excluding hydrogens is 434 g/mol. The van der Waals surface area contributed by atoms with Crippen molar-refractivity contribution in [2.24, 2.45) is 0 Å². The number of fused-ring (bicyclic) bond motifs is 1. The van der Waals surface area contributed by atoms with Gasteiger partial charge in [-0.05, 0) is 47.2 Å². The van der Waals surface area contributed by atoms with Gasteiger partial charge in [-0.2, -0.15) is 5.10 Å². The number of benzene rings is 2. The summed E-state index contributed by atoms with van der Waals surface area (Å²) in [6.07, 6.45) is 0.812. The van der Waals surface area contributed by atoms with Crippen molar-refractivity contribution < 1.29 is 9.53 Å². The predicted molar refractivity (Wildman–Crippen MR) is 128 cm³/mol. The number of amides is 1. The van der Waals surface area contributed by atoms with Gasteiger partial charge in [-0.3, -0.25) is 9.59 Å². The van der Waals surface area contributed by atoms with Gasteiger partial charge in [0.2, 0.25) is 0 Å². The van der Waals surface area contributed by atoms with Crippen molar-refractivity contribution in [2.45, 2.75) is 19.0 Å². The summed E-state index contributed by atoms with van der Waals surface area (Å²) in [5, 5.41) is 6.47. The fourth-order valence-corrected chi connectivity index (χ4v) is 5.07. The smallest absolute Gasteiger partial charge is 0.275 e. The van der Waals surface area contributed by atoms with Crippen LogP contribution in [0.25, 0.3) is 0 Å². The van der Waals surface area contributed by atoms with E-state index in [1.165, 1.54) is 21.7 Å². The van der Waals surface area contributed by atoms with Crippen LogP contribution in [-0.2, 0) is 13.0 Å². The van der Waals surface area contributed by atoms with Gasteiger partial charge in [-0.25, -0.2) is 4.68 Å². The summed E-state index contributed by atoms with van der Waals surface area (Å²) in [4.78, 5) is 29.1. The Kier molecular flexibility index (Phi) is 6.04. The first-order chi connectivity index (χ1) is 16.2. The highest BCUT2D eigenvalue weighted by Gasteiger charge is 2.33. The van der Waals surface area contributed by atoms with Crippen LogP contribution < -0.4 is 10.3 Å². The third-order valence-electron chi connectivity index (χ3n) is 5.74. The first kappa shape index (κ1) is 21.2. The van der Waals surface area contributed by atoms with Crippen molar-refractivity contribution in [3.05, 3.63) is 116 Å². The molecule has 33 heavy (non-hydrogen) atoms. The fourth-order valence-electron chi connectivity index (χ4n) is 4.17. The number of carbonyl (C=O) groups excluding carboxylic acids is 1. The Labute approximate surface area is 195 Å². The Morgan fingerprint density at radius 2 is 1.76 bits per heavy atom. The number of rotatable bonds is 6. The minimum Gasteiger partial charge on any atom is -0.492 e. The second-order valence-corrected chi connectivity index (χ2v) is 8.80. The molecular formula is C26H23N3O3S. The molecule has 1 aliphatic heterocycles.